The van der Waals surface area contributed by atoms with Crippen LogP contribution in [0.1, 0.15) is 50.2 Å². The SMILES string of the molecule is COc1ccc2nccc([C@H](O)CC[C@@H]3CCN(CCCSc4ccncc4)C[C@H]3CCC(=O)O)c2c1. The molecule has 1 aromatic carbocycles. The van der Waals surface area contributed by atoms with Crippen molar-refractivity contribution >= 4 is 28.6 Å². The number of aliphatic carboxylic acids is 1. The summed E-state index contributed by atoms with van der Waals surface area (Å²) in [5.41, 5.74) is 1.71. The highest BCUT2D eigenvalue weighted by Crippen LogP contribution is 2.35. The lowest BCUT2D eigenvalue weighted by atomic mass is 9.79. The van der Waals surface area contributed by atoms with E-state index in [1.807, 2.05) is 60.6 Å². The number of aromatic nitrogens is 2. The van der Waals surface area contributed by atoms with E-state index in [9.17, 15) is 15.0 Å². The molecule has 1 aliphatic rings. The zero-order valence-corrected chi connectivity index (χ0v) is 22.3. The average Bonchev–Trinajstić information content (AvgIpc) is 2.93. The van der Waals surface area contributed by atoms with Crippen LogP contribution in [0.3, 0.4) is 0 Å². The second kappa shape index (κ2) is 13.7. The molecular formula is C29H37N3O4S. The van der Waals surface area contributed by atoms with Crippen LogP contribution in [-0.4, -0.2) is 63.5 Å². The molecule has 7 nitrogen and oxygen atoms in total. The van der Waals surface area contributed by atoms with Gasteiger partial charge in [-0.2, -0.15) is 0 Å². The van der Waals surface area contributed by atoms with Crippen molar-refractivity contribution in [3.05, 3.63) is 60.6 Å². The van der Waals surface area contributed by atoms with Crippen LogP contribution in [0.5, 0.6) is 5.75 Å². The number of likely N-dealkylation sites (tertiary alicyclic amines) is 1. The van der Waals surface area contributed by atoms with Crippen LogP contribution in [0.4, 0.5) is 0 Å². The molecule has 2 aromatic heterocycles. The predicted octanol–water partition coefficient (Wildman–Crippen LogP) is 5.44. The number of rotatable bonds is 13. The van der Waals surface area contributed by atoms with Gasteiger partial charge in [0, 0.05) is 41.8 Å². The van der Waals surface area contributed by atoms with Crippen molar-refractivity contribution in [1.29, 1.82) is 0 Å². The second-order valence-corrected chi connectivity index (χ2v) is 11.0. The molecule has 4 rings (SSSR count). The Bertz CT molecular complexity index is 1150. The van der Waals surface area contributed by atoms with E-state index in [1.54, 1.807) is 13.3 Å². The van der Waals surface area contributed by atoms with E-state index in [4.69, 9.17) is 4.74 Å². The van der Waals surface area contributed by atoms with Crippen LogP contribution in [0, 0.1) is 11.8 Å². The molecule has 0 saturated carbocycles. The van der Waals surface area contributed by atoms with Crippen LogP contribution in [0.2, 0.25) is 0 Å². The van der Waals surface area contributed by atoms with Gasteiger partial charge in [-0.1, -0.05) is 0 Å². The standard InChI is InChI=1S/C29H37N3O4S/c1-36-23-5-6-27-26(19-23)25(11-15-31-27)28(33)7-3-21-12-17-32(20-22(21)4-8-29(34)35)16-2-18-37-24-9-13-30-14-10-24/h5-6,9-11,13-15,19,21-22,28,33H,2-4,7-8,12,16-18,20H2,1H3,(H,34,35)/t21-,22-,28-/m1/s1. The Morgan fingerprint density at radius 1 is 1.16 bits per heavy atom. The Labute approximate surface area is 223 Å². The van der Waals surface area contributed by atoms with Gasteiger partial charge in [0.25, 0.3) is 0 Å². The van der Waals surface area contributed by atoms with Crippen molar-refractivity contribution in [2.75, 3.05) is 32.5 Å². The molecule has 1 saturated heterocycles. The van der Waals surface area contributed by atoms with Crippen molar-refractivity contribution < 1.29 is 19.7 Å². The van der Waals surface area contributed by atoms with Gasteiger partial charge in [-0.25, -0.2) is 0 Å². The van der Waals surface area contributed by atoms with E-state index in [-0.39, 0.29) is 6.42 Å². The summed E-state index contributed by atoms with van der Waals surface area (Å²) < 4.78 is 5.37. The summed E-state index contributed by atoms with van der Waals surface area (Å²) >= 11 is 1.85. The summed E-state index contributed by atoms with van der Waals surface area (Å²) in [4.78, 5) is 23.6. The van der Waals surface area contributed by atoms with Crippen molar-refractivity contribution in [1.82, 2.24) is 14.9 Å². The van der Waals surface area contributed by atoms with Crippen LogP contribution in [-0.2, 0) is 4.79 Å². The number of piperidine rings is 1. The number of nitrogens with zero attached hydrogens (tertiary/aromatic N) is 3. The summed E-state index contributed by atoms with van der Waals surface area (Å²) in [6, 6.07) is 11.7. The number of hydrogen-bond donors (Lipinski definition) is 2. The number of carboxylic acid groups (broad SMARTS) is 1. The largest absolute Gasteiger partial charge is 0.497 e. The van der Waals surface area contributed by atoms with E-state index in [2.05, 4.69) is 14.9 Å². The number of carbonyl (C=O) groups is 1. The lowest BCUT2D eigenvalue weighted by Crippen LogP contribution is -2.41. The minimum Gasteiger partial charge on any atom is -0.497 e. The summed E-state index contributed by atoms with van der Waals surface area (Å²) in [5, 5.41) is 21.4. The molecule has 37 heavy (non-hydrogen) atoms. The van der Waals surface area contributed by atoms with Gasteiger partial charge in [0.15, 0.2) is 0 Å². The molecule has 0 bridgehead atoms. The highest BCUT2D eigenvalue weighted by atomic mass is 32.2. The van der Waals surface area contributed by atoms with Gasteiger partial charge in [0.05, 0.1) is 18.7 Å². The number of aliphatic hydroxyl groups is 1. The first-order valence-corrected chi connectivity index (χ1v) is 14.1. The molecule has 1 fully saturated rings. The molecule has 0 amide bonds. The Morgan fingerprint density at radius 3 is 2.78 bits per heavy atom. The minimum atomic E-state index is -0.734. The topological polar surface area (TPSA) is 95.8 Å². The molecule has 0 spiro atoms. The van der Waals surface area contributed by atoms with Crippen molar-refractivity contribution in [3.8, 4) is 5.75 Å². The third-order valence-corrected chi connectivity index (χ3v) is 8.49. The Hall–Kier alpha value is -2.68. The Morgan fingerprint density at radius 2 is 2.00 bits per heavy atom. The number of benzene rings is 1. The maximum atomic E-state index is 11.3. The third-order valence-electron chi connectivity index (χ3n) is 7.39. The minimum absolute atomic E-state index is 0.199. The number of pyridine rings is 2. The van der Waals surface area contributed by atoms with Crippen molar-refractivity contribution in [3.63, 3.8) is 0 Å². The number of carboxylic acids is 1. The predicted molar refractivity (Wildman–Crippen MR) is 147 cm³/mol. The van der Waals surface area contributed by atoms with Gasteiger partial charge in [0.1, 0.15) is 5.75 Å². The maximum Gasteiger partial charge on any atom is 0.303 e. The fourth-order valence-electron chi connectivity index (χ4n) is 5.38. The van der Waals surface area contributed by atoms with Gasteiger partial charge < -0.3 is 19.8 Å². The Kier molecular flexibility index (Phi) is 10.2. The molecule has 3 heterocycles. The number of hydrogen-bond acceptors (Lipinski definition) is 7. The lowest BCUT2D eigenvalue weighted by molar-refractivity contribution is -0.137. The molecule has 3 atom stereocenters. The number of ether oxygens (including phenoxy) is 1. The van der Waals surface area contributed by atoms with Crippen LogP contribution in [0.25, 0.3) is 10.9 Å². The van der Waals surface area contributed by atoms with Gasteiger partial charge in [-0.3, -0.25) is 14.8 Å². The molecular weight excluding hydrogens is 486 g/mol. The van der Waals surface area contributed by atoms with Gasteiger partial charge in [0.2, 0.25) is 0 Å². The summed E-state index contributed by atoms with van der Waals surface area (Å²) in [7, 11) is 1.64. The fourth-order valence-corrected chi connectivity index (χ4v) is 6.20. The molecule has 8 heteroatoms. The zero-order chi connectivity index (χ0) is 26.0. The van der Waals surface area contributed by atoms with Gasteiger partial charge in [-0.15, -0.1) is 11.8 Å². The molecule has 198 valence electrons. The number of methoxy groups -OCH3 is 1. The number of aliphatic hydroxyl groups excluding tert-OH is 1. The molecule has 0 aliphatic carbocycles. The third kappa shape index (κ3) is 7.90. The molecule has 1 aliphatic heterocycles. The molecule has 0 radical (unpaired) electrons. The van der Waals surface area contributed by atoms with Crippen LogP contribution in [0.15, 0.2) is 59.9 Å². The maximum absolute atomic E-state index is 11.3. The van der Waals surface area contributed by atoms with Crippen molar-refractivity contribution in [2.45, 2.75) is 49.5 Å². The second-order valence-electron chi connectivity index (χ2n) is 9.80. The smallest absolute Gasteiger partial charge is 0.303 e. The molecule has 2 N–H and O–H groups in total. The van der Waals surface area contributed by atoms with E-state index < -0.39 is 12.1 Å². The summed E-state index contributed by atoms with van der Waals surface area (Å²) in [6.07, 6.45) is 9.35. The van der Waals surface area contributed by atoms with Gasteiger partial charge in [-0.05, 0) is 105 Å². The van der Waals surface area contributed by atoms with Gasteiger partial charge >= 0.3 is 5.97 Å². The highest BCUT2D eigenvalue weighted by molar-refractivity contribution is 7.99. The number of fused-ring (bicyclic) bond motifs is 1. The van der Waals surface area contributed by atoms with E-state index in [1.165, 1.54) is 4.90 Å². The zero-order valence-electron chi connectivity index (χ0n) is 21.5. The first-order valence-electron chi connectivity index (χ1n) is 13.1. The Balaban J connectivity index is 1.32. The lowest BCUT2D eigenvalue weighted by Gasteiger charge is -2.39. The van der Waals surface area contributed by atoms with Crippen molar-refractivity contribution in [2.24, 2.45) is 11.8 Å². The van der Waals surface area contributed by atoms with Crippen LogP contribution < -0.4 is 4.74 Å². The quantitative estimate of drug-likeness (QED) is 0.226. The monoisotopic (exact) mass is 523 g/mol. The first-order chi connectivity index (χ1) is 18.0. The fraction of sp³-hybridized carbons (Fsp3) is 0.483. The number of thioether (sulfide) groups is 1. The normalized spacial score (nSPS) is 19.1. The summed E-state index contributed by atoms with van der Waals surface area (Å²) in [5.74, 6) is 1.81. The molecule has 0 unspecified atom stereocenters. The van der Waals surface area contributed by atoms with E-state index in [0.717, 1.165) is 66.9 Å². The highest BCUT2D eigenvalue weighted by Gasteiger charge is 2.30. The first kappa shape index (κ1) is 27.4. The van der Waals surface area contributed by atoms with E-state index in [0.29, 0.717) is 24.7 Å². The molecule has 3 aromatic rings. The van der Waals surface area contributed by atoms with E-state index >= 15 is 0 Å². The van der Waals surface area contributed by atoms with Crippen LogP contribution >= 0.6 is 11.8 Å². The average molecular weight is 524 g/mol. The summed E-state index contributed by atoms with van der Waals surface area (Å²) in [6.45, 7) is 2.99.